The molecule has 2 N–H and O–H groups in total. The molecule has 0 aliphatic carbocycles. The first-order valence-corrected chi connectivity index (χ1v) is 5.72. The molecule has 0 saturated heterocycles. The highest BCUT2D eigenvalue weighted by atomic mass is 19.1. The van der Waals surface area contributed by atoms with Gasteiger partial charge in [0.15, 0.2) is 0 Å². The van der Waals surface area contributed by atoms with Crippen LogP contribution >= 0.6 is 0 Å². The Bertz CT molecular complexity index is 576. The van der Waals surface area contributed by atoms with E-state index in [2.05, 4.69) is 4.98 Å². The first kappa shape index (κ1) is 12.7. The Morgan fingerprint density at radius 2 is 2.06 bits per heavy atom. The summed E-state index contributed by atoms with van der Waals surface area (Å²) in [5, 5.41) is 0. The van der Waals surface area contributed by atoms with Gasteiger partial charge in [0.25, 0.3) is 0 Å². The van der Waals surface area contributed by atoms with E-state index in [4.69, 9.17) is 5.73 Å². The van der Waals surface area contributed by atoms with Crippen molar-refractivity contribution in [1.82, 2.24) is 9.55 Å². The fraction of sp³-hybridized carbons (Fsp3) is 0.308. The summed E-state index contributed by atoms with van der Waals surface area (Å²) in [7, 11) is 1.84. The van der Waals surface area contributed by atoms with Crippen LogP contribution in [-0.2, 0) is 13.5 Å². The molecule has 96 valence electrons. The van der Waals surface area contributed by atoms with Crippen molar-refractivity contribution < 1.29 is 8.78 Å². The van der Waals surface area contributed by atoms with Crippen molar-refractivity contribution in [1.29, 1.82) is 0 Å². The Morgan fingerprint density at radius 3 is 2.72 bits per heavy atom. The molecule has 5 heteroatoms. The molecule has 0 aliphatic rings. The van der Waals surface area contributed by atoms with Crippen molar-refractivity contribution >= 4 is 0 Å². The van der Waals surface area contributed by atoms with Gasteiger partial charge >= 0.3 is 0 Å². The fourth-order valence-electron chi connectivity index (χ4n) is 1.97. The summed E-state index contributed by atoms with van der Waals surface area (Å²) in [4.78, 5) is 4.30. The molecule has 1 heterocycles. The van der Waals surface area contributed by atoms with Gasteiger partial charge in [-0.3, -0.25) is 0 Å². The van der Waals surface area contributed by atoms with Crippen molar-refractivity contribution in [3.05, 3.63) is 41.4 Å². The van der Waals surface area contributed by atoms with Gasteiger partial charge in [0.2, 0.25) is 0 Å². The molecule has 18 heavy (non-hydrogen) atoms. The number of imidazole rings is 1. The molecule has 0 spiro atoms. The van der Waals surface area contributed by atoms with Crippen LogP contribution in [0.5, 0.6) is 0 Å². The number of aryl methyl sites for hydroxylation is 1. The van der Waals surface area contributed by atoms with E-state index in [1.54, 1.807) is 0 Å². The van der Waals surface area contributed by atoms with Gasteiger partial charge in [0, 0.05) is 24.7 Å². The zero-order chi connectivity index (χ0) is 13.3. The van der Waals surface area contributed by atoms with Crippen molar-refractivity contribution in [2.45, 2.75) is 13.3 Å². The largest absolute Gasteiger partial charge is 0.335 e. The number of benzene rings is 1. The van der Waals surface area contributed by atoms with Crippen molar-refractivity contribution in [3.63, 3.8) is 0 Å². The highest BCUT2D eigenvalue weighted by Crippen LogP contribution is 2.27. The Labute approximate surface area is 104 Å². The molecule has 3 nitrogen and oxygen atoms in total. The van der Waals surface area contributed by atoms with Gasteiger partial charge < -0.3 is 10.3 Å². The Hall–Kier alpha value is -1.75. The third-order valence-electron chi connectivity index (χ3n) is 3.00. The van der Waals surface area contributed by atoms with Crippen LogP contribution in [0, 0.1) is 18.6 Å². The third-order valence-corrected chi connectivity index (χ3v) is 3.00. The summed E-state index contributed by atoms with van der Waals surface area (Å²) < 4.78 is 28.9. The van der Waals surface area contributed by atoms with Gasteiger partial charge in [-0.1, -0.05) is 0 Å². The molecule has 0 bridgehead atoms. The standard InChI is InChI=1S/C13H15F2N3/c1-8-17-13(12(5-6-16)18(8)2)10-7-9(14)3-4-11(10)15/h3-4,7H,5-6,16H2,1-2H3. The summed E-state index contributed by atoms with van der Waals surface area (Å²) in [5.41, 5.74) is 7.02. The lowest BCUT2D eigenvalue weighted by molar-refractivity contribution is 0.602. The van der Waals surface area contributed by atoms with Crippen molar-refractivity contribution in [3.8, 4) is 11.3 Å². The minimum Gasteiger partial charge on any atom is -0.335 e. The fourth-order valence-corrected chi connectivity index (χ4v) is 1.97. The Balaban J connectivity index is 2.63. The molecule has 2 rings (SSSR count). The molecule has 1 aromatic carbocycles. The van der Waals surface area contributed by atoms with Crippen LogP contribution in [0.25, 0.3) is 11.3 Å². The number of nitrogens with two attached hydrogens (primary N) is 1. The lowest BCUT2D eigenvalue weighted by atomic mass is 10.1. The summed E-state index contributed by atoms with van der Waals surface area (Å²) in [6.45, 7) is 2.25. The summed E-state index contributed by atoms with van der Waals surface area (Å²) >= 11 is 0. The van der Waals surface area contributed by atoms with Crippen LogP contribution in [0.3, 0.4) is 0 Å². The minimum atomic E-state index is -0.479. The molecular weight excluding hydrogens is 236 g/mol. The summed E-state index contributed by atoms with van der Waals surface area (Å²) in [5.74, 6) is -0.210. The number of halogens is 2. The van der Waals surface area contributed by atoms with E-state index in [-0.39, 0.29) is 5.56 Å². The van der Waals surface area contributed by atoms with E-state index in [0.29, 0.717) is 18.7 Å². The summed E-state index contributed by atoms with van der Waals surface area (Å²) in [6.07, 6.45) is 0.572. The van der Waals surface area contributed by atoms with E-state index in [1.807, 2.05) is 18.5 Å². The van der Waals surface area contributed by atoms with E-state index >= 15 is 0 Å². The van der Waals surface area contributed by atoms with Gasteiger partial charge in [-0.25, -0.2) is 13.8 Å². The highest BCUT2D eigenvalue weighted by molar-refractivity contribution is 5.63. The molecule has 2 aromatic rings. The second-order valence-corrected chi connectivity index (χ2v) is 4.18. The average Bonchev–Trinajstić information content (AvgIpc) is 2.61. The maximum absolute atomic E-state index is 13.8. The lowest BCUT2D eigenvalue weighted by Gasteiger charge is -2.06. The topological polar surface area (TPSA) is 43.8 Å². The predicted molar refractivity (Wildman–Crippen MR) is 66.1 cm³/mol. The minimum absolute atomic E-state index is 0.183. The van der Waals surface area contributed by atoms with E-state index in [0.717, 1.165) is 29.7 Å². The monoisotopic (exact) mass is 251 g/mol. The molecule has 0 unspecified atom stereocenters. The maximum Gasteiger partial charge on any atom is 0.132 e. The van der Waals surface area contributed by atoms with Crippen LogP contribution in [0.15, 0.2) is 18.2 Å². The Kier molecular flexibility index (Phi) is 3.43. The van der Waals surface area contributed by atoms with Gasteiger partial charge in [-0.2, -0.15) is 0 Å². The van der Waals surface area contributed by atoms with Crippen LogP contribution in [0.4, 0.5) is 8.78 Å². The number of aromatic nitrogens is 2. The van der Waals surface area contributed by atoms with Crippen LogP contribution < -0.4 is 5.73 Å². The first-order chi connectivity index (χ1) is 8.54. The van der Waals surface area contributed by atoms with Crippen molar-refractivity contribution in [2.75, 3.05) is 6.54 Å². The van der Waals surface area contributed by atoms with Gasteiger partial charge in [0.1, 0.15) is 17.5 Å². The molecule has 0 fully saturated rings. The SMILES string of the molecule is Cc1nc(-c2cc(F)ccc2F)c(CCN)n1C. The Morgan fingerprint density at radius 1 is 1.33 bits per heavy atom. The number of hydrogen-bond acceptors (Lipinski definition) is 2. The zero-order valence-corrected chi connectivity index (χ0v) is 10.4. The highest BCUT2D eigenvalue weighted by Gasteiger charge is 2.17. The molecule has 0 amide bonds. The lowest BCUT2D eigenvalue weighted by Crippen LogP contribution is -2.08. The molecule has 0 aliphatic heterocycles. The third kappa shape index (κ3) is 2.13. The molecule has 1 aromatic heterocycles. The quantitative estimate of drug-likeness (QED) is 0.908. The molecular formula is C13H15F2N3. The van der Waals surface area contributed by atoms with E-state index < -0.39 is 11.6 Å². The smallest absolute Gasteiger partial charge is 0.132 e. The zero-order valence-electron chi connectivity index (χ0n) is 10.4. The number of rotatable bonds is 3. The van der Waals surface area contributed by atoms with Crippen LogP contribution in [0.2, 0.25) is 0 Å². The second kappa shape index (κ2) is 4.86. The van der Waals surface area contributed by atoms with Gasteiger partial charge in [-0.05, 0) is 31.7 Å². The summed E-state index contributed by atoms with van der Waals surface area (Å²) in [6, 6.07) is 3.37. The first-order valence-electron chi connectivity index (χ1n) is 5.72. The number of nitrogens with zero attached hydrogens (tertiary/aromatic N) is 2. The predicted octanol–water partition coefficient (Wildman–Crippen LogP) is 2.17. The van der Waals surface area contributed by atoms with Gasteiger partial charge in [0.05, 0.1) is 5.69 Å². The van der Waals surface area contributed by atoms with Crippen LogP contribution in [-0.4, -0.2) is 16.1 Å². The average molecular weight is 251 g/mol. The van der Waals surface area contributed by atoms with E-state index in [9.17, 15) is 8.78 Å². The maximum atomic E-state index is 13.8. The normalized spacial score (nSPS) is 10.9. The van der Waals surface area contributed by atoms with E-state index in [1.165, 1.54) is 0 Å². The molecule has 0 radical (unpaired) electrons. The second-order valence-electron chi connectivity index (χ2n) is 4.18. The molecule has 0 saturated carbocycles. The van der Waals surface area contributed by atoms with Crippen LogP contribution in [0.1, 0.15) is 11.5 Å². The number of hydrogen-bond donors (Lipinski definition) is 1. The molecule has 0 atom stereocenters. The van der Waals surface area contributed by atoms with Crippen molar-refractivity contribution in [2.24, 2.45) is 12.8 Å². The van der Waals surface area contributed by atoms with Gasteiger partial charge in [-0.15, -0.1) is 0 Å².